The van der Waals surface area contributed by atoms with Crippen molar-refractivity contribution < 1.29 is 55.5 Å². The molecule has 0 fully saturated rings. The van der Waals surface area contributed by atoms with E-state index in [4.69, 9.17) is 20.4 Å². The van der Waals surface area contributed by atoms with Crippen LogP contribution in [0.5, 0.6) is 23.0 Å². The van der Waals surface area contributed by atoms with Gasteiger partial charge in [-0.25, -0.2) is 0 Å². The maximum Gasteiger partial charge on any atom is 0.411 e. The average Bonchev–Trinajstić information content (AvgIpc) is 2.86. The van der Waals surface area contributed by atoms with Crippen LogP contribution in [0.15, 0.2) is 97.1 Å². The van der Waals surface area contributed by atoms with E-state index < -0.39 is 46.3 Å². The lowest BCUT2D eigenvalue weighted by molar-refractivity contribution is -0.288. The first-order valence-corrected chi connectivity index (χ1v) is 11.2. The van der Waals surface area contributed by atoms with Crippen LogP contribution in [-0.2, 0) is 11.3 Å². The number of hydrogen-bond acceptors (Lipinski definition) is 4. The van der Waals surface area contributed by atoms with E-state index in [1.807, 2.05) is 0 Å². The second-order valence-corrected chi connectivity index (χ2v) is 8.51. The third kappa shape index (κ3) is 5.90. The van der Waals surface area contributed by atoms with Crippen LogP contribution in [-0.4, -0.2) is 32.8 Å². The predicted molar refractivity (Wildman–Crippen MR) is 128 cm³/mol. The Bertz CT molecular complexity index is 1290. The molecule has 0 spiro atoms. The van der Waals surface area contributed by atoms with Gasteiger partial charge < -0.3 is 20.4 Å². The van der Waals surface area contributed by atoms with E-state index in [0.29, 0.717) is 24.3 Å². The SMILES string of the molecule is Oc1ccc(C(F)(F)c2ccc(O)cc2)cc1.Oc1ccc(C(c2ccc(O)cc2)(C(F)(F)F)C(F)(F)F)cc1. The first kappa shape index (κ1) is 30.1. The van der Waals surface area contributed by atoms with Crippen LogP contribution in [0.4, 0.5) is 35.1 Å². The lowest BCUT2D eigenvalue weighted by Crippen LogP contribution is -2.54. The monoisotopic (exact) mass is 572 g/mol. The molecule has 4 aromatic rings. The molecule has 0 aliphatic carbocycles. The van der Waals surface area contributed by atoms with Gasteiger partial charge in [0, 0.05) is 11.1 Å². The minimum absolute atomic E-state index is 0.0599. The van der Waals surface area contributed by atoms with E-state index in [1.165, 1.54) is 48.5 Å². The zero-order valence-electron chi connectivity index (χ0n) is 20.1. The lowest BCUT2D eigenvalue weighted by Gasteiger charge is -2.38. The molecule has 0 radical (unpaired) electrons. The summed E-state index contributed by atoms with van der Waals surface area (Å²) in [5.74, 6) is -4.19. The molecule has 0 aliphatic rings. The summed E-state index contributed by atoms with van der Waals surface area (Å²) in [7, 11) is 0. The Morgan fingerprint density at radius 1 is 0.325 bits per heavy atom. The van der Waals surface area contributed by atoms with Gasteiger partial charge in [0.1, 0.15) is 23.0 Å². The molecule has 12 heteroatoms. The molecule has 0 unspecified atom stereocenters. The molecule has 4 nitrogen and oxygen atoms in total. The third-order valence-electron chi connectivity index (χ3n) is 5.91. The molecule has 0 aliphatic heterocycles. The van der Waals surface area contributed by atoms with Gasteiger partial charge in [-0.3, -0.25) is 0 Å². The second kappa shape index (κ2) is 10.9. The average molecular weight is 572 g/mol. The number of hydrogen-bond donors (Lipinski definition) is 4. The number of alkyl halides is 8. The molecule has 0 saturated carbocycles. The van der Waals surface area contributed by atoms with E-state index in [-0.39, 0.29) is 22.6 Å². The van der Waals surface area contributed by atoms with Gasteiger partial charge in [0.2, 0.25) is 5.41 Å². The van der Waals surface area contributed by atoms with Gasteiger partial charge in [-0.05, 0) is 83.9 Å². The molecule has 4 aromatic carbocycles. The molecule has 0 bridgehead atoms. The Balaban J connectivity index is 0.000000230. The van der Waals surface area contributed by atoms with Gasteiger partial charge in [-0.1, -0.05) is 24.3 Å². The zero-order chi connectivity index (χ0) is 29.9. The van der Waals surface area contributed by atoms with Crippen LogP contribution < -0.4 is 0 Å². The van der Waals surface area contributed by atoms with Crippen LogP contribution in [0.1, 0.15) is 22.3 Å². The fourth-order valence-electron chi connectivity index (χ4n) is 3.91. The van der Waals surface area contributed by atoms with Crippen molar-refractivity contribution in [2.45, 2.75) is 23.7 Å². The molecule has 4 rings (SSSR count). The Morgan fingerprint density at radius 2 is 0.525 bits per heavy atom. The van der Waals surface area contributed by atoms with Gasteiger partial charge in [0.25, 0.3) is 5.92 Å². The van der Waals surface area contributed by atoms with Crippen molar-refractivity contribution in [1.29, 1.82) is 0 Å². The molecule has 0 saturated heterocycles. The normalized spacial score (nSPS) is 12.4. The van der Waals surface area contributed by atoms with Crippen molar-refractivity contribution >= 4 is 0 Å². The van der Waals surface area contributed by atoms with Crippen molar-refractivity contribution in [2.24, 2.45) is 0 Å². The van der Waals surface area contributed by atoms with E-state index in [0.717, 1.165) is 24.3 Å². The maximum atomic E-state index is 14.0. The van der Waals surface area contributed by atoms with Crippen LogP contribution in [0.3, 0.4) is 0 Å². The van der Waals surface area contributed by atoms with Crippen molar-refractivity contribution in [3.63, 3.8) is 0 Å². The lowest BCUT2D eigenvalue weighted by atomic mass is 9.73. The number of phenolic OH excluding ortho intramolecular Hbond substituents is 4. The first-order valence-electron chi connectivity index (χ1n) is 11.2. The topological polar surface area (TPSA) is 80.9 Å². The van der Waals surface area contributed by atoms with Gasteiger partial charge in [-0.2, -0.15) is 35.1 Å². The summed E-state index contributed by atoms with van der Waals surface area (Å²) < 4.78 is 110. The minimum atomic E-state index is -5.70. The summed E-state index contributed by atoms with van der Waals surface area (Å²) in [6.45, 7) is 0. The molecule has 212 valence electrons. The predicted octanol–water partition coefficient (Wildman–Crippen LogP) is 7.75. The molecule has 0 aromatic heterocycles. The number of benzene rings is 4. The molecular formula is C28H20F8O4. The Hall–Kier alpha value is -4.48. The van der Waals surface area contributed by atoms with Gasteiger partial charge in [0.15, 0.2) is 0 Å². The van der Waals surface area contributed by atoms with Crippen LogP contribution >= 0.6 is 0 Å². The van der Waals surface area contributed by atoms with Gasteiger partial charge in [0.05, 0.1) is 0 Å². The largest absolute Gasteiger partial charge is 0.508 e. The van der Waals surface area contributed by atoms with Gasteiger partial charge in [-0.15, -0.1) is 0 Å². The van der Waals surface area contributed by atoms with Crippen molar-refractivity contribution in [3.05, 3.63) is 119 Å². The summed E-state index contributed by atoms with van der Waals surface area (Å²) in [4.78, 5) is 0. The van der Waals surface area contributed by atoms with Crippen LogP contribution in [0.25, 0.3) is 0 Å². The summed E-state index contributed by atoms with van der Waals surface area (Å²) in [5.41, 5.74) is -6.86. The highest BCUT2D eigenvalue weighted by atomic mass is 19.4. The smallest absolute Gasteiger partial charge is 0.411 e. The Labute approximate surface area is 222 Å². The Kier molecular flexibility index (Phi) is 8.23. The molecular weight excluding hydrogens is 552 g/mol. The van der Waals surface area contributed by atoms with Crippen molar-refractivity contribution in [3.8, 4) is 23.0 Å². The molecule has 0 heterocycles. The number of halogens is 8. The highest BCUT2D eigenvalue weighted by Crippen LogP contribution is 2.56. The highest BCUT2D eigenvalue weighted by Gasteiger charge is 2.72. The summed E-state index contributed by atoms with van der Waals surface area (Å²) in [5, 5.41) is 36.4. The molecule has 4 N–H and O–H groups in total. The molecule has 0 amide bonds. The van der Waals surface area contributed by atoms with E-state index in [1.54, 1.807) is 0 Å². The standard InChI is InChI=1S/C15H10F6O2.C13H10F2O2/c16-14(17,18)13(15(19,20)21,9-1-5-11(22)6-2-9)10-3-7-12(23)8-4-10;14-13(15,9-1-5-11(16)6-2-9)10-3-7-12(17)8-4-10/h1-8,22-23H;1-8,16-17H. The zero-order valence-corrected chi connectivity index (χ0v) is 20.1. The Morgan fingerprint density at radius 3 is 0.725 bits per heavy atom. The van der Waals surface area contributed by atoms with E-state index >= 15 is 0 Å². The van der Waals surface area contributed by atoms with Crippen LogP contribution in [0.2, 0.25) is 0 Å². The number of rotatable bonds is 4. The summed E-state index contributed by atoms with van der Waals surface area (Å²) in [6.07, 6.45) is -11.4. The maximum absolute atomic E-state index is 14.0. The summed E-state index contributed by atoms with van der Waals surface area (Å²) >= 11 is 0. The summed E-state index contributed by atoms with van der Waals surface area (Å²) in [6, 6.07) is 14.8. The first-order chi connectivity index (χ1) is 18.5. The number of phenols is 4. The third-order valence-corrected chi connectivity index (χ3v) is 5.91. The van der Waals surface area contributed by atoms with E-state index in [2.05, 4.69) is 0 Å². The van der Waals surface area contributed by atoms with Gasteiger partial charge >= 0.3 is 12.4 Å². The van der Waals surface area contributed by atoms with E-state index in [9.17, 15) is 35.1 Å². The molecule has 0 atom stereocenters. The van der Waals surface area contributed by atoms with Crippen LogP contribution in [0, 0.1) is 0 Å². The highest BCUT2D eigenvalue weighted by molar-refractivity contribution is 5.46. The second-order valence-electron chi connectivity index (χ2n) is 8.51. The minimum Gasteiger partial charge on any atom is -0.508 e. The fraction of sp³-hybridized carbons (Fsp3) is 0.143. The van der Waals surface area contributed by atoms with Crippen molar-refractivity contribution in [1.82, 2.24) is 0 Å². The van der Waals surface area contributed by atoms with Crippen molar-refractivity contribution in [2.75, 3.05) is 0 Å². The number of aromatic hydroxyl groups is 4. The fourth-order valence-corrected chi connectivity index (χ4v) is 3.91. The molecule has 40 heavy (non-hydrogen) atoms. The quantitative estimate of drug-likeness (QED) is 0.189.